The Labute approximate surface area is 163 Å². The molecule has 8 heteroatoms. The Morgan fingerprint density at radius 3 is 2.56 bits per heavy atom. The summed E-state index contributed by atoms with van der Waals surface area (Å²) in [6.45, 7) is 0. The third kappa shape index (κ3) is 4.04. The van der Waals surface area contributed by atoms with E-state index < -0.39 is 0 Å². The number of rotatable bonds is 3. The molecule has 25 heavy (non-hydrogen) atoms. The van der Waals surface area contributed by atoms with Gasteiger partial charge >= 0.3 is 0 Å². The largest absolute Gasteiger partial charge is 0.497 e. The number of hydrogen-bond acceptors (Lipinski definition) is 4. The fourth-order valence-corrected chi connectivity index (χ4v) is 3.95. The Morgan fingerprint density at radius 2 is 1.88 bits per heavy atom. The van der Waals surface area contributed by atoms with Crippen LogP contribution in [0.2, 0.25) is 10.0 Å². The van der Waals surface area contributed by atoms with Crippen LogP contribution in [0.3, 0.4) is 0 Å². The average Bonchev–Trinajstić information content (AvgIpc) is 2.93. The van der Waals surface area contributed by atoms with Gasteiger partial charge in [0.25, 0.3) is 5.91 Å². The van der Waals surface area contributed by atoms with E-state index in [1.165, 1.54) is 11.3 Å². The number of thiophene rings is 1. The molecule has 3 aromatic rings. The molecule has 128 valence electrons. The van der Waals surface area contributed by atoms with Crippen LogP contribution in [0, 0.1) is 0 Å². The summed E-state index contributed by atoms with van der Waals surface area (Å²) in [7, 11) is 1.59. The van der Waals surface area contributed by atoms with Gasteiger partial charge < -0.3 is 10.1 Å². The quantitative estimate of drug-likeness (QED) is 0.571. The van der Waals surface area contributed by atoms with Crippen LogP contribution in [0.5, 0.6) is 5.75 Å². The van der Waals surface area contributed by atoms with Crippen LogP contribution >= 0.6 is 46.8 Å². The predicted molar refractivity (Wildman–Crippen MR) is 109 cm³/mol. The molecule has 0 saturated heterocycles. The summed E-state index contributed by atoms with van der Waals surface area (Å²) in [6.07, 6.45) is 0. The smallest absolute Gasteiger partial charge is 0.269 e. The fourth-order valence-electron chi connectivity index (χ4n) is 2.17. The summed E-state index contributed by atoms with van der Waals surface area (Å²) >= 11 is 18.6. The number of amides is 1. The molecule has 0 unspecified atom stereocenters. The van der Waals surface area contributed by atoms with E-state index in [4.69, 9.17) is 40.2 Å². The monoisotopic (exact) mass is 410 g/mol. The van der Waals surface area contributed by atoms with Crippen molar-refractivity contribution in [2.75, 3.05) is 12.4 Å². The molecule has 0 aliphatic carbocycles. The lowest BCUT2D eigenvalue weighted by molar-refractivity contribution is 0.0982. The Hall–Kier alpha value is -1.86. The molecular formula is C17H12Cl2N2O2S2. The van der Waals surface area contributed by atoms with Gasteiger partial charge in [-0.05, 0) is 54.7 Å². The number of benzene rings is 2. The SMILES string of the molecule is COc1ccc2c(Cl)c(C(=O)NC(=S)Nc3ccc(Cl)cc3)sc2c1. The number of carbonyl (C=O) groups is 1. The topological polar surface area (TPSA) is 50.4 Å². The van der Waals surface area contributed by atoms with Gasteiger partial charge in [-0.15, -0.1) is 11.3 Å². The van der Waals surface area contributed by atoms with Crippen molar-refractivity contribution in [3.05, 3.63) is 57.4 Å². The van der Waals surface area contributed by atoms with Gasteiger partial charge in [0.2, 0.25) is 0 Å². The van der Waals surface area contributed by atoms with Crippen LogP contribution in [0.15, 0.2) is 42.5 Å². The van der Waals surface area contributed by atoms with Gasteiger partial charge in [-0.2, -0.15) is 0 Å². The minimum Gasteiger partial charge on any atom is -0.497 e. The number of nitrogens with one attached hydrogen (secondary N) is 2. The van der Waals surface area contributed by atoms with Crippen molar-refractivity contribution in [2.45, 2.75) is 0 Å². The van der Waals surface area contributed by atoms with Gasteiger partial charge in [0, 0.05) is 20.8 Å². The van der Waals surface area contributed by atoms with Gasteiger partial charge in [-0.1, -0.05) is 23.2 Å². The van der Waals surface area contributed by atoms with Crippen molar-refractivity contribution in [1.82, 2.24) is 5.32 Å². The number of carbonyl (C=O) groups excluding carboxylic acids is 1. The van der Waals surface area contributed by atoms with E-state index in [1.54, 1.807) is 37.4 Å². The lowest BCUT2D eigenvalue weighted by Crippen LogP contribution is -2.33. The highest BCUT2D eigenvalue weighted by Crippen LogP contribution is 2.37. The van der Waals surface area contributed by atoms with Crippen molar-refractivity contribution in [2.24, 2.45) is 0 Å². The molecule has 1 aromatic heterocycles. The van der Waals surface area contributed by atoms with E-state index in [9.17, 15) is 4.79 Å². The van der Waals surface area contributed by atoms with Crippen molar-refractivity contribution in [3.8, 4) is 5.75 Å². The Bertz CT molecular complexity index is 955. The number of thiocarbonyl (C=S) groups is 1. The van der Waals surface area contributed by atoms with Gasteiger partial charge in [0.1, 0.15) is 10.6 Å². The van der Waals surface area contributed by atoms with Gasteiger partial charge in [-0.3, -0.25) is 10.1 Å². The first-order valence-corrected chi connectivity index (χ1v) is 9.10. The van der Waals surface area contributed by atoms with Gasteiger partial charge in [0.15, 0.2) is 5.11 Å². The molecule has 0 aliphatic heterocycles. The summed E-state index contributed by atoms with van der Waals surface area (Å²) in [4.78, 5) is 12.9. The zero-order valence-electron chi connectivity index (χ0n) is 12.9. The number of halogens is 2. The highest BCUT2D eigenvalue weighted by atomic mass is 35.5. The van der Waals surface area contributed by atoms with Crippen molar-refractivity contribution in [3.63, 3.8) is 0 Å². The predicted octanol–water partition coefficient (Wildman–Crippen LogP) is 5.34. The molecule has 4 nitrogen and oxygen atoms in total. The van der Waals surface area contributed by atoms with Crippen molar-refractivity contribution < 1.29 is 9.53 Å². The second-order valence-electron chi connectivity index (χ2n) is 5.02. The molecule has 0 bridgehead atoms. The first kappa shape index (κ1) is 17.9. The van der Waals surface area contributed by atoms with E-state index in [2.05, 4.69) is 10.6 Å². The molecule has 0 spiro atoms. The molecule has 2 N–H and O–H groups in total. The molecule has 0 atom stereocenters. The summed E-state index contributed by atoms with van der Waals surface area (Å²) in [5.41, 5.74) is 0.724. The zero-order chi connectivity index (χ0) is 18.0. The van der Waals surface area contributed by atoms with Crippen molar-refractivity contribution >= 4 is 73.5 Å². The normalized spacial score (nSPS) is 10.5. The van der Waals surface area contributed by atoms with Crippen LogP contribution < -0.4 is 15.4 Å². The highest BCUT2D eigenvalue weighted by molar-refractivity contribution is 7.80. The van der Waals surface area contributed by atoms with E-state index in [0.717, 1.165) is 15.8 Å². The second-order valence-corrected chi connectivity index (χ2v) is 7.30. The van der Waals surface area contributed by atoms with E-state index in [-0.39, 0.29) is 11.0 Å². The first-order chi connectivity index (χ1) is 12.0. The standard InChI is InChI=1S/C17H12Cl2N2O2S2/c1-23-11-6-7-12-13(8-11)25-15(14(12)19)16(22)21-17(24)20-10-4-2-9(18)3-5-10/h2-8H,1H3,(H2,20,21,22,24). The third-order valence-corrected chi connectivity index (χ3v) is 5.48. The number of methoxy groups -OCH3 is 1. The molecule has 3 rings (SSSR count). The second kappa shape index (κ2) is 7.58. The Balaban J connectivity index is 1.76. The summed E-state index contributed by atoms with van der Waals surface area (Å²) in [5.74, 6) is 0.342. The minimum atomic E-state index is -0.364. The fraction of sp³-hybridized carbons (Fsp3) is 0.0588. The van der Waals surface area contributed by atoms with E-state index in [1.807, 2.05) is 12.1 Å². The van der Waals surface area contributed by atoms with Crippen LogP contribution in [0.25, 0.3) is 10.1 Å². The summed E-state index contributed by atoms with van der Waals surface area (Å²) in [6, 6.07) is 12.4. The lowest BCUT2D eigenvalue weighted by atomic mass is 10.2. The van der Waals surface area contributed by atoms with Gasteiger partial charge in [-0.25, -0.2) is 0 Å². The molecule has 2 aromatic carbocycles. The van der Waals surface area contributed by atoms with Crippen LogP contribution in [0.1, 0.15) is 9.67 Å². The highest BCUT2D eigenvalue weighted by Gasteiger charge is 2.18. The minimum absolute atomic E-state index is 0.179. The van der Waals surface area contributed by atoms with Crippen molar-refractivity contribution in [1.29, 1.82) is 0 Å². The molecule has 0 aliphatic rings. The molecule has 0 fully saturated rings. The summed E-state index contributed by atoms with van der Waals surface area (Å²) < 4.78 is 6.06. The Kier molecular flexibility index (Phi) is 5.44. The number of fused-ring (bicyclic) bond motifs is 1. The molecule has 1 amide bonds. The molecule has 0 radical (unpaired) electrons. The third-order valence-electron chi connectivity index (χ3n) is 3.37. The van der Waals surface area contributed by atoms with Crippen LogP contribution in [-0.4, -0.2) is 18.1 Å². The maximum absolute atomic E-state index is 12.5. The average molecular weight is 411 g/mol. The number of ether oxygens (including phenoxy) is 1. The molecular weight excluding hydrogens is 399 g/mol. The summed E-state index contributed by atoms with van der Waals surface area (Å²) in [5, 5.41) is 7.55. The van der Waals surface area contributed by atoms with E-state index >= 15 is 0 Å². The zero-order valence-corrected chi connectivity index (χ0v) is 16.1. The molecule has 1 heterocycles. The first-order valence-electron chi connectivity index (χ1n) is 7.12. The number of anilines is 1. The lowest BCUT2D eigenvalue weighted by Gasteiger charge is -2.09. The van der Waals surface area contributed by atoms with Crippen LogP contribution in [-0.2, 0) is 0 Å². The Morgan fingerprint density at radius 1 is 1.16 bits per heavy atom. The maximum atomic E-state index is 12.5. The maximum Gasteiger partial charge on any atom is 0.269 e. The molecule has 0 saturated carbocycles. The van der Waals surface area contributed by atoms with E-state index in [0.29, 0.717) is 20.7 Å². The number of hydrogen-bond donors (Lipinski definition) is 2. The van der Waals surface area contributed by atoms with Crippen LogP contribution in [0.4, 0.5) is 5.69 Å². The van der Waals surface area contributed by atoms with Gasteiger partial charge in [0.05, 0.1) is 12.1 Å².